The van der Waals surface area contributed by atoms with E-state index in [2.05, 4.69) is 15.5 Å². The van der Waals surface area contributed by atoms with Gasteiger partial charge in [-0.2, -0.15) is 0 Å². The number of benzene rings is 1. The lowest BCUT2D eigenvalue weighted by atomic mass is 10.0. The van der Waals surface area contributed by atoms with E-state index in [1.165, 1.54) is 0 Å². The molecule has 144 valence electrons. The number of aromatic nitrogens is 3. The van der Waals surface area contributed by atoms with Crippen molar-refractivity contribution in [2.45, 2.75) is 26.0 Å². The molecule has 0 fully saturated rings. The van der Waals surface area contributed by atoms with E-state index >= 15 is 0 Å². The Morgan fingerprint density at radius 3 is 2.64 bits per heavy atom. The number of ether oxygens (including phenoxy) is 1. The quantitative estimate of drug-likeness (QED) is 0.727. The van der Waals surface area contributed by atoms with Crippen LogP contribution in [0.5, 0.6) is 5.75 Å². The molecule has 8 heteroatoms. The molecule has 0 amide bonds. The van der Waals surface area contributed by atoms with Crippen molar-refractivity contribution in [2.75, 3.05) is 7.11 Å². The number of imidazole rings is 1. The van der Waals surface area contributed by atoms with Crippen molar-refractivity contribution in [3.63, 3.8) is 0 Å². The molecule has 7 nitrogen and oxygen atoms in total. The van der Waals surface area contributed by atoms with Gasteiger partial charge >= 0.3 is 0 Å². The Balaban J connectivity index is 1.67. The van der Waals surface area contributed by atoms with Crippen LogP contribution in [-0.4, -0.2) is 33.6 Å². The maximum absolute atomic E-state index is 6.01. The molecule has 3 heterocycles. The fourth-order valence-electron chi connectivity index (χ4n) is 3.08. The molecule has 0 saturated carbocycles. The van der Waals surface area contributed by atoms with Gasteiger partial charge in [-0.1, -0.05) is 28.9 Å². The van der Waals surface area contributed by atoms with Crippen molar-refractivity contribution in [1.82, 2.24) is 19.9 Å². The molecular weight excluding hydrogens is 378 g/mol. The van der Waals surface area contributed by atoms with Crippen LogP contribution >= 0.6 is 11.6 Å². The molecule has 2 aromatic heterocycles. The zero-order valence-corrected chi connectivity index (χ0v) is 16.5. The molecule has 0 radical (unpaired) electrons. The number of pyridine rings is 1. The van der Waals surface area contributed by atoms with Crippen LogP contribution in [0.25, 0.3) is 5.82 Å². The van der Waals surface area contributed by atoms with E-state index in [0.29, 0.717) is 28.1 Å². The van der Waals surface area contributed by atoms with Crippen molar-refractivity contribution >= 4 is 17.4 Å². The summed E-state index contributed by atoms with van der Waals surface area (Å²) >= 11 is 6.01. The van der Waals surface area contributed by atoms with Crippen LogP contribution in [0.15, 0.2) is 54.1 Å². The number of nitrogens with zero attached hydrogens (tertiary/aromatic N) is 4. The normalized spacial score (nSPS) is 18.8. The summed E-state index contributed by atoms with van der Waals surface area (Å²) in [6.07, 6.45) is 3.45. The highest BCUT2D eigenvalue weighted by Gasteiger charge is 2.28. The van der Waals surface area contributed by atoms with Gasteiger partial charge in [-0.05, 0) is 43.7 Å². The molecule has 28 heavy (non-hydrogen) atoms. The highest BCUT2D eigenvalue weighted by Crippen LogP contribution is 2.26. The first kappa shape index (κ1) is 18.3. The first-order valence-corrected chi connectivity index (χ1v) is 9.25. The van der Waals surface area contributed by atoms with Gasteiger partial charge in [0.2, 0.25) is 0 Å². The second-order valence-electron chi connectivity index (χ2n) is 6.57. The Labute approximate surface area is 168 Å². The second-order valence-corrected chi connectivity index (χ2v) is 7.01. The van der Waals surface area contributed by atoms with Crippen LogP contribution in [0, 0.1) is 6.92 Å². The lowest BCUT2D eigenvalue weighted by molar-refractivity contribution is 0.0342. The summed E-state index contributed by atoms with van der Waals surface area (Å²) in [5.74, 6) is 1.83. The zero-order chi connectivity index (χ0) is 19.7. The third-order valence-corrected chi connectivity index (χ3v) is 4.81. The fourth-order valence-corrected chi connectivity index (χ4v) is 3.21. The predicted molar refractivity (Wildman–Crippen MR) is 107 cm³/mol. The van der Waals surface area contributed by atoms with Gasteiger partial charge in [0.15, 0.2) is 17.4 Å². The molecule has 4 rings (SSSR count). The molecule has 1 aromatic carbocycles. The van der Waals surface area contributed by atoms with E-state index in [0.717, 1.165) is 11.3 Å². The standard InChI is InChI=1S/C20H20ClN5O2/c1-12-10-26(11-22-12)20-17(27-3)9-8-16(23-20)19-24-18(13(2)28-25-19)14-4-6-15(21)7-5-14/h4-11,13,18H,1-3H3,(H,24,25). The highest BCUT2D eigenvalue weighted by molar-refractivity contribution is 6.30. The Hall–Kier alpha value is -3.06. The number of rotatable bonds is 4. The van der Waals surface area contributed by atoms with E-state index in [9.17, 15) is 0 Å². The second kappa shape index (κ2) is 7.52. The van der Waals surface area contributed by atoms with Gasteiger partial charge in [0, 0.05) is 11.2 Å². The van der Waals surface area contributed by atoms with Crippen LogP contribution in [0.1, 0.15) is 29.9 Å². The molecule has 1 aliphatic heterocycles. The van der Waals surface area contributed by atoms with Gasteiger partial charge in [0.25, 0.3) is 0 Å². The summed E-state index contributed by atoms with van der Waals surface area (Å²) in [6, 6.07) is 11.3. The minimum Gasteiger partial charge on any atom is -0.493 e. The van der Waals surface area contributed by atoms with Gasteiger partial charge in [-0.25, -0.2) is 9.97 Å². The molecule has 0 spiro atoms. The first-order valence-electron chi connectivity index (χ1n) is 8.87. The summed E-state index contributed by atoms with van der Waals surface area (Å²) in [6.45, 7) is 3.89. The average molecular weight is 398 g/mol. The van der Waals surface area contributed by atoms with Gasteiger partial charge < -0.3 is 14.9 Å². The largest absolute Gasteiger partial charge is 0.493 e. The number of aryl methyl sites for hydroxylation is 1. The number of nitrogens with one attached hydrogen (secondary N) is 1. The molecule has 1 aliphatic rings. The van der Waals surface area contributed by atoms with Gasteiger partial charge in [0.1, 0.15) is 18.1 Å². The smallest absolute Gasteiger partial charge is 0.192 e. The third-order valence-electron chi connectivity index (χ3n) is 4.56. The Morgan fingerprint density at radius 1 is 1.18 bits per heavy atom. The molecule has 3 aromatic rings. The maximum Gasteiger partial charge on any atom is 0.192 e. The van der Waals surface area contributed by atoms with Crippen LogP contribution in [-0.2, 0) is 4.84 Å². The predicted octanol–water partition coefficient (Wildman–Crippen LogP) is 3.65. The van der Waals surface area contributed by atoms with Crippen molar-refractivity contribution in [3.8, 4) is 11.6 Å². The summed E-state index contributed by atoms with van der Waals surface area (Å²) in [7, 11) is 1.61. The van der Waals surface area contributed by atoms with E-state index in [4.69, 9.17) is 26.2 Å². The Morgan fingerprint density at radius 2 is 1.96 bits per heavy atom. The molecule has 1 N–H and O–H groups in total. The van der Waals surface area contributed by atoms with Crippen LogP contribution in [0.3, 0.4) is 0 Å². The summed E-state index contributed by atoms with van der Waals surface area (Å²) in [5.41, 5.74) is 2.60. The van der Waals surface area contributed by atoms with Gasteiger partial charge in [0.05, 0.1) is 18.8 Å². The van der Waals surface area contributed by atoms with Crippen molar-refractivity contribution in [3.05, 3.63) is 70.9 Å². The fraction of sp³-hybridized carbons (Fsp3) is 0.250. The van der Waals surface area contributed by atoms with Crippen molar-refractivity contribution in [2.24, 2.45) is 5.16 Å². The van der Waals surface area contributed by atoms with Gasteiger partial charge in [-0.15, -0.1) is 0 Å². The topological polar surface area (TPSA) is 73.6 Å². The molecular formula is C20H20ClN5O2. The molecule has 2 unspecified atom stereocenters. The van der Waals surface area contributed by atoms with Crippen LogP contribution in [0.4, 0.5) is 0 Å². The minimum atomic E-state index is -0.140. The molecule has 2 atom stereocenters. The number of hydrogen-bond acceptors (Lipinski definition) is 6. The minimum absolute atomic E-state index is 0.0763. The monoisotopic (exact) mass is 397 g/mol. The average Bonchev–Trinajstić information content (AvgIpc) is 3.15. The zero-order valence-electron chi connectivity index (χ0n) is 15.8. The summed E-state index contributed by atoms with van der Waals surface area (Å²) in [5, 5.41) is 8.34. The van der Waals surface area contributed by atoms with Crippen LogP contribution < -0.4 is 10.1 Å². The SMILES string of the molecule is COc1ccc(C2=NOC(C)C(c3ccc(Cl)cc3)N2)nc1-n1cnc(C)c1. The summed E-state index contributed by atoms with van der Waals surface area (Å²) in [4.78, 5) is 14.6. The van der Waals surface area contributed by atoms with Crippen molar-refractivity contribution < 1.29 is 9.57 Å². The van der Waals surface area contributed by atoms with Gasteiger partial charge in [-0.3, -0.25) is 4.57 Å². The number of amidine groups is 1. The van der Waals surface area contributed by atoms with E-state index in [-0.39, 0.29) is 12.1 Å². The Bertz CT molecular complexity index is 1020. The Kier molecular flexibility index (Phi) is 4.92. The van der Waals surface area contributed by atoms with E-state index in [1.807, 2.05) is 61.0 Å². The molecule has 0 aliphatic carbocycles. The number of halogens is 1. The summed E-state index contributed by atoms with van der Waals surface area (Å²) < 4.78 is 7.28. The maximum atomic E-state index is 6.01. The lowest BCUT2D eigenvalue weighted by Crippen LogP contribution is -2.40. The third kappa shape index (κ3) is 3.53. The molecule has 0 bridgehead atoms. The number of oxime groups is 1. The number of methoxy groups -OCH3 is 1. The highest BCUT2D eigenvalue weighted by atomic mass is 35.5. The van der Waals surface area contributed by atoms with Crippen molar-refractivity contribution in [1.29, 1.82) is 0 Å². The van der Waals surface area contributed by atoms with Crippen LogP contribution in [0.2, 0.25) is 5.02 Å². The first-order chi connectivity index (χ1) is 13.5. The lowest BCUT2D eigenvalue weighted by Gasteiger charge is -2.29. The van der Waals surface area contributed by atoms with E-state index < -0.39 is 0 Å². The molecule has 0 saturated heterocycles. The number of hydrogen-bond donors (Lipinski definition) is 1. The van der Waals surface area contributed by atoms with E-state index in [1.54, 1.807) is 13.4 Å².